The molecule has 0 heterocycles. The van der Waals surface area contributed by atoms with Gasteiger partial charge >= 0.3 is 0 Å². The Balaban J connectivity index is 1.38. The summed E-state index contributed by atoms with van der Waals surface area (Å²) in [4.78, 5) is 0. The normalized spacial score (nSPS) is 26.5. The highest BCUT2D eigenvalue weighted by molar-refractivity contribution is 5.39. The number of unbranched alkanes of at least 4 members (excludes halogenated alkanes) is 2. The highest BCUT2D eigenvalue weighted by Crippen LogP contribution is 2.34. The van der Waals surface area contributed by atoms with Gasteiger partial charge < -0.3 is 4.74 Å². The van der Waals surface area contributed by atoms with Gasteiger partial charge in [-0.2, -0.15) is 0 Å². The maximum Gasteiger partial charge on any atom is 0.0575 e. The quantitative estimate of drug-likeness (QED) is 0.288. The largest absolute Gasteiger partial charge is 0.378 e. The van der Waals surface area contributed by atoms with Gasteiger partial charge in [-0.15, -0.1) is 0 Å². The van der Waals surface area contributed by atoms with E-state index in [-0.39, 0.29) is 0 Å². The van der Waals surface area contributed by atoms with Crippen LogP contribution in [0.5, 0.6) is 0 Å². The van der Waals surface area contributed by atoms with Crippen molar-refractivity contribution in [3.63, 3.8) is 0 Å². The van der Waals surface area contributed by atoms with Crippen LogP contribution in [0.3, 0.4) is 0 Å². The summed E-state index contributed by atoms with van der Waals surface area (Å²) < 4.78 is 6.02. The van der Waals surface area contributed by atoms with Crippen LogP contribution in [0.4, 0.5) is 0 Å². The second kappa shape index (κ2) is 13.8. The number of hydrogen-bond acceptors (Lipinski definition) is 1. The molecule has 1 heteroatoms. The van der Waals surface area contributed by atoms with E-state index in [0.717, 1.165) is 24.0 Å². The predicted molar refractivity (Wildman–Crippen MR) is 133 cm³/mol. The van der Waals surface area contributed by atoms with Crippen LogP contribution in [-0.4, -0.2) is 12.7 Å². The number of rotatable bonds is 9. The highest BCUT2D eigenvalue weighted by atomic mass is 16.5. The third-order valence-electron chi connectivity index (χ3n) is 7.43. The van der Waals surface area contributed by atoms with Crippen LogP contribution in [-0.2, 0) is 4.74 Å². The molecular weight excluding hydrogens is 376 g/mol. The molecule has 0 radical (unpaired) electrons. The molecule has 1 aromatic rings. The van der Waals surface area contributed by atoms with Gasteiger partial charge in [0.05, 0.1) is 6.10 Å². The fourth-order valence-corrected chi connectivity index (χ4v) is 5.27. The number of benzene rings is 1. The van der Waals surface area contributed by atoms with Gasteiger partial charge in [-0.3, -0.25) is 0 Å². The molecule has 2 fully saturated rings. The van der Waals surface area contributed by atoms with Crippen LogP contribution in [0.2, 0.25) is 0 Å². The van der Waals surface area contributed by atoms with E-state index in [2.05, 4.69) is 62.1 Å². The molecule has 0 amide bonds. The molecule has 2 aliphatic carbocycles. The summed E-state index contributed by atoms with van der Waals surface area (Å²) >= 11 is 0. The molecule has 31 heavy (non-hydrogen) atoms. The molecule has 2 saturated carbocycles. The van der Waals surface area contributed by atoms with Gasteiger partial charge in [0, 0.05) is 12.2 Å². The first-order chi connectivity index (χ1) is 15.3. The predicted octanol–water partition coefficient (Wildman–Crippen LogP) is 8.43. The van der Waals surface area contributed by atoms with Gasteiger partial charge in [-0.05, 0) is 99.3 Å². The van der Waals surface area contributed by atoms with Crippen LogP contribution >= 0.6 is 0 Å². The van der Waals surface area contributed by atoms with Gasteiger partial charge in [0.15, 0.2) is 0 Å². The van der Waals surface area contributed by atoms with E-state index in [1.807, 2.05) is 0 Å². The smallest absolute Gasteiger partial charge is 0.0575 e. The molecule has 0 unspecified atom stereocenters. The van der Waals surface area contributed by atoms with Crippen LogP contribution in [0.15, 0.2) is 36.4 Å². The molecule has 0 spiro atoms. The SMILES string of the molecule is CCCCO[C@H]1CC[C@H](c2ccc(C#CC=C[C@H]3CC[C@H](CCCC)CC3)cc2)CC1. The van der Waals surface area contributed by atoms with Gasteiger partial charge in [-0.25, -0.2) is 0 Å². The third-order valence-corrected chi connectivity index (χ3v) is 7.43. The molecule has 170 valence electrons. The second-order valence-corrected chi connectivity index (χ2v) is 9.87. The van der Waals surface area contributed by atoms with Crippen molar-refractivity contribution >= 4 is 0 Å². The Bertz CT molecular complexity index is 688. The van der Waals surface area contributed by atoms with Crippen molar-refractivity contribution in [1.29, 1.82) is 0 Å². The van der Waals surface area contributed by atoms with E-state index in [1.165, 1.54) is 89.0 Å². The minimum atomic E-state index is 0.492. The molecule has 0 atom stereocenters. The van der Waals surface area contributed by atoms with Crippen LogP contribution in [0.25, 0.3) is 0 Å². The Morgan fingerprint density at radius 2 is 1.58 bits per heavy atom. The van der Waals surface area contributed by atoms with Crippen molar-refractivity contribution in [1.82, 2.24) is 0 Å². The Morgan fingerprint density at radius 1 is 0.871 bits per heavy atom. The summed E-state index contributed by atoms with van der Waals surface area (Å²) in [5.74, 6) is 9.03. The van der Waals surface area contributed by atoms with Gasteiger partial charge in [0.25, 0.3) is 0 Å². The number of allylic oxidation sites excluding steroid dienone is 2. The van der Waals surface area contributed by atoms with E-state index in [1.54, 1.807) is 0 Å². The fourth-order valence-electron chi connectivity index (χ4n) is 5.27. The summed E-state index contributed by atoms with van der Waals surface area (Å²) in [5, 5.41) is 0. The van der Waals surface area contributed by atoms with E-state index in [9.17, 15) is 0 Å². The van der Waals surface area contributed by atoms with Gasteiger partial charge in [-0.1, -0.05) is 69.6 Å². The van der Waals surface area contributed by atoms with Crippen molar-refractivity contribution in [3.8, 4) is 11.8 Å². The summed E-state index contributed by atoms with van der Waals surface area (Å²) in [6.07, 6.45) is 22.0. The average Bonchev–Trinajstić information content (AvgIpc) is 2.82. The van der Waals surface area contributed by atoms with Crippen molar-refractivity contribution in [3.05, 3.63) is 47.5 Å². The second-order valence-electron chi connectivity index (χ2n) is 9.87. The summed E-state index contributed by atoms with van der Waals surface area (Å²) in [5.41, 5.74) is 2.61. The molecule has 0 aliphatic heterocycles. The average molecular weight is 421 g/mol. The standard InChI is InChI=1S/C30H44O/c1-3-5-9-25-12-14-26(15-13-25)10-7-8-11-27-16-18-28(19-17-27)29-20-22-30(23-21-29)31-24-6-4-2/h7,10,16-19,25-26,29-30H,3-6,9,12-15,20-24H2,1-2H3/t25-,26-,29-,30-. The highest BCUT2D eigenvalue weighted by Gasteiger charge is 2.22. The maximum atomic E-state index is 6.02. The monoisotopic (exact) mass is 420 g/mol. The van der Waals surface area contributed by atoms with E-state index < -0.39 is 0 Å². The molecule has 0 aromatic heterocycles. The first-order valence-electron chi connectivity index (χ1n) is 13.2. The Morgan fingerprint density at radius 3 is 2.26 bits per heavy atom. The summed E-state index contributed by atoms with van der Waals surface area (Å²) in [6, 6.07) is 9.01. The Kier molecular flexibility index (Phi) is 10.7. The number of hydrogen-bond donors (Lipinski definition) is 0. The van der Waals surface area contributed by atoms with Crippen molar-refractivity contribution in [2.24, 2.45) is 11.8 Å². The molecule has 1 nitrogen and oxygen atoms in total. The molecule has 0 bridgehead atoms. The minimum absolute atomic E-state index is 0.492. The summed E-state index contributed by atoms with van der Waals surface area (Å²) in [7, 11) is 0. The fraction of sp³-hybridized carbons (Fsp3) is 0.667. The lowest BCUT2D eigenvalue weighted by Gasteiger charge is -2.29. The zero-order chi connectivity index (χ0) is 21.7. The molecule has 3 rings (SSSR count). The van der Waals surface area contributed by atoms with E-state index in [0.29, 0.717) is 12.0 Å². The van der Waals surface area contributed by atoms with E-state index in [4.69, 9.17) is 4.74 Å². The van der Waals surface area contributed by atoms with Crippen LogP contribution < -0.4 is 0 Å². The third kappa shape index (κ3) is 8.50. The lowest BCUT2D eigenvalue weighted by atomic mass is 9.80. The van der Waals surface area contributed by atoms with Crippen molar-refractivity contribution in [2.75, 3.05) is 6.61 Å². The topological polar surface area (TPSA) is 9.23 Å². The van der Waals surface area contributed by atoms with Crippen molar-refractivity contribution < 1.29 is 4.74 Å². The zero-order valence-electron chi connectivity index (χ0n) is 20.1. The first kappa shape index (κ1) is 24.1. The summed E-state index contributed by atoms with van der Waals surface area (Å²) in [6.45, 7) is 5.47. The molecular formula is C30H44O. The number of ether oxygens (including phenoxy) is 1. The lowest BCUT2D eigenvalue weighted by molar-refractivity contribution is 0.0232. The van der Waals surface area contributed by atoms with Gasteiger partial charge in [0.1, 0.15) is 0 Å². The first-order valence-corrected chi connectivity index (χ1v) is 13.2. The Labute approximate surface area is 192 Å². The Hall–Kier alpha value is -1.52. The van der Waals surface area contributed by atoms with Gasteiger partial charge in [0.2, 0.25) is 0 Å². The molecule has 2 aliphatic rings. The van der Waals surface area contributed by atoms with Crippen LogP contribution in [0.1, 0.15) is 114 Å². The molecule has 0 saturated heterocycles. The zero-order valence-corrected chi connectivity index (χ0v) is 20.1. The lowest BCUT2D eigenvalue weighted by Crippen LogP contribution is -2.21. The molecule has 1 aromatic carbocycles. The van der Waals surface area contributed by atoms with Crippen molar-refractivity contribution in [2.45, 2.75) is 109 Å². The minimum Gasteiger partial charge on any atom is -0.378 e. The maximum absolute atomic E-state index is 6.02. The van der Waals surface area contributed by atoms with Crippen LogP contribution in [0, 0.1) is 23.7 Å². The van der Waals surface area contributed by atoms with E-state index >= 15 is 0 Å². The molecule has 0 N–H and O–H groups in total.